The second-order valence-corrected chi connectivity index (χ2v) is 2.43. The standard InChI is InChI=1S/C8H9N3O.C2H6/c1-2-11-6-4-7(10-11)8-3-5-9-12-8;1-2/h3-6H,2H2,1H3;1-2H3. The minimum absolute atomic E-state index is 0.710. The maximum atomic E-state index is 4.95. The minimum atomic E-state index is 0.710. The van der Waals surface area contributed by atoms with Gasteiger partial charge in [-0.25, -0.2) is 0 Å². The van der Waals surface area contributed by atoms with E-state index >= 15 is 0 Å². The first kappa shape index (κ1) is 10.5. The molecule has 0 bridgehead atoms. The molecule has 2 rings (SSSR count). The lowest BCUT2D eigenvalue weighted by Crippen LogP contribution is -1.93. The van der Waals surface area contributed by atoms with Gasteiger partial charge in [0, 0.05) is 18.8 Å². The van der Waals surface area contributed by atoms with Crippen molar-refractivity contribution in [3.63, 3.8) is 0 Å². The van der Waals surface area contributed by atoms with Crippen LogP contribution in [-0.2, 0) is 6.54 Å². The van der Waals surface area contributed by atoms with E-state index in [1.807, 2.05) is 37.7 Å². The zero-order chi connectivity index (χ0) is 10.4. The van der Waals surface area contributed by atoms with E-state index < -0.39 is 0 Å². The summed E-state index contributed by atoms with van der Waals surface area (Å²) in [5, 5.41) is 7.86. The molecular formula is C10H15N3O. The third-order valence-corrected chi connectivity index (χ3v) is 1.65. The van der Waals surface area contributed by atoms with Crippen molar-refractivity contribution >= 4 is 0 Å². The van der Waals surface area contributed by atoms with Crippen LogP contribution in [0.1, 0.15) is 20.8 Å². The second kappa shape index (κ2) is 5.21. The fraction of sp³-hybridized carbons (Fsp3) is 0.400. The van der Waals surface area contributed by atoms with Crippen LogP contribution in [0.4, 0.5) is 0 Å². The summed E-state index contributed by atoms with van der Waals surface area (Å²) in [6.07, 6.45) is 3.53. The molecule has 0 N–H and O–H groups in total. The molecule has 0 atom stereocenters. The molecule has 0 radical (unpaired) electrons. The molecule has 0 aliphatic carbocycles. The lowest BCUT2D eigenvalue weighted by Gasteiger charge is -1.90. The van der Waals surface area contributed by atoms with Crippen LogP contribution in [0, 0.1) is 0 Å². The molecule has 0 aliphatic rings. The van der Waals surface area contributed by atoms with Crippen molar-refractivity contribution in [1.82, 2.24) is 14.9 Å². The predicted octanol–water partition coefficient (Wildman–Crippen LogP) is 2.58. The Bertz CT molecular complexity index is 351. The fourth-order valence-corrected chi connectivity index (χ4v) is 1.02. The minimum Gasteiger partial charge on any atom is -0.355 e. The summed E-state index contributed by atoms with van der Waals surface area (Å²) in [6.45, 7) is 6.91. The SMILES string of the molecule is CC.CCn1ccc(-c2ccno2)n1. The molecule has 0 aromatic carbocycles. The van der Waals surface area contributed by atoms with Gasteiger partial charge in [-0.05, 0) is 13.0 Å². The van der Waals surface area contributed by atoms with Gasteiger partial charge < -0.3 is 4.52 Å². The number of hydrogen-bond donors (Lipinski definition) is 0. The van der Waals surface area contributed by atoms with E-state index in [2.05, 4.69) is 10.3 Å². The quantitative estimate of drug-likeness (QED) is 0.736. The largest absolute Gasteiger partial charge is 0.355 e. The lowest BCUT2D eigenvalue weighted by molar-refractivity contribution is 0.430. The smallest absolute Gasteiger partial charge is 0.187 e. The molecule has 0 fully saturated rings. The maximum absolute atomic E-state index is 4.95. The van der Waals surface area contributed by atoms with Crippen LogP contribution in [0.15, 0.2) is 29.0 Å². The highest BCUT2D eigenvalue weighted by molar-refractivity contribution is 5.49. The number of nitrogens with zero attached hydrogens (tertiary/aromatic N) is 3. The highest BCUT2D eigenvalue weighted by Crippen LogP contribution is 2.14. The van der Waals surface area contributed by atoms with Gasteiger partial charge in [-0.1, -0.05) is 19.0 Å². The third-order valence-electron chi connectivity index (χ3n) is 1.65. The first-order valence-corrected chi connectivity index (χ1v) is 4.84. The average Bonchev–Trinajstić information content (AvgIpc) is 2.91. The van der Waals surface area contributed by atoms with Crippen molar-refractivity contribution in [3.8, 4) is 11.5 Å². The van der Waals surface area contributed by atoms with Gasteiger partial charge in [0.1, 0.15) is 5.69 Å². The first-order valence-electron chi connectivity index (χ1n) is 4.84. The second-order valence-electron chi connectivity index (χ2n) is 2.43. The molecule has 0 spiro atoms. The molecule has 2 aromatic heterocycles. The van der Waals surface area contributed by atoms with Crippen molar-refractivity contribution in [2.24, 2.45) is 0 Å². The Morgan fingerprint density at radius 1 is 1.36 bits per heavy atom. The van der Waals surface area contributed by atoms with Crippen LogP contribution in [0.5, 0.6) is 0 Å². The summed E-state index contributed by atoms with van der Waals surface area (Å²) in [5.41, 5.74) is 0.828. The Balaban J connectivity index is 0.000000461. The van der Waals surface area contributed by atoms with Gasteiger partial charge in [-0.2, -0.15) is 5.10 Å². The molecule has 0 saturated heterocycles. The average molecular weight is 193 g/mol. The monoisotopic (exact) mass is 193 g/mol. The fourth-order valence-electron chi connectivity index (χ4n) is 1.02. The van der Waals surface area contributed by atoms with E-state index in [9.17, 15) is 0 Å². The topological polar surface area (TPSA) is 43.9 Å². The van der Waals surface area contributed by atoms with Crippen molar-refractivity contribution < 1.29 is 4.52 Å². The highest BCUT2D eigenvalue weighted by Gasteiger charge is 2.03. The normalized spacial score (nSPS) is 9.36. The van der Waals surface area contributed by atoms with Crippen LogP contribution in [-0.4, -0.2) is 14.9 Å². The maximum Gasteiger partial charge on any atom is 0.187 e. The van der Waals surface area contributed by atoms with Crippen molar-refractivity contribution in [1.29, 1.82) is 0 Å². The number of hydrogen-bond acceptors (Lipinski definition) is 3. The van der Waals surface area contributed by atoms with Gasteiger partial charge in [0.25, 0.3) is 0 Å². The highest BCUT2D eigenvalue weighted by atomic mass is 16.5. The number of rotatable bonds is 2. The summed E-state index contributed by atoms with van der Waals surface area (Å²) in [4.78, 5) is 0. The molecule has 0 unspecified atom stereocenters. The van der Waals surface area contributed by atoms with Crippen LogP contribution in [0.25, 0.3) is 11.5 Å². The molecule has 76 valence electrons. The van der Waals surface area contributed by atoms with E-state index in [1.54, 1.807) is 12.3 Å². The van der Waals surface area contributed by atoms with E-state index in [4.69, 9.17) is 4.52 Å². The Hall–Kier alpha value is -1.58. The molecule has 2 heterocycles. The van der Waals surface area contributed by atoms with Crippen LogP contribution >= 0.6 is 0 Å². The van der Waals surface area contributed by atoms with Gasteiger partial charge in [-0.3, -0.25) is 4.68 Å². The van der Waals surface area contributed by atoms with Gasteiger partial charge in [-0.15, -0.1) is 0 Å². The zero-order valence-electron chi connectivity index (χ0n) is 8.77. The summed E-state index contributed by atoms with van der Waals surface area (Å²) in [6, 6.07) is 3.70. The van der Waals surface area contributed by atoms with Gasteiger partial charge in [0.15, 0.2) is 5.76 Å². The molecule has 4 nitrogen and oxygen atoms in total. The lowest BCUT2D eigenvalue weighted by atomic mass is 10.3. The zero-order valence-corrected chi connectivity index (χ0v) is 8.77. The Morgan fingerprint density at radius 3 is 2.64 bits per heavy atom. The van der Waals surface area contributed by atoms with Gasteiger partial charge in [0.2, 0.25) is 0 Å². The Morgan fingerprint density at radius 2 is 2.14 bits per heavy atom. The molecular weight excluding hydrogens is 178 g/mol. The Kier molecular flexibility index (Phi) is 3.91. The molecule has 4 heteroatoms. The molecule has 2 aromatic rings. The number of aromatic nitrogens is 3. The summed E-state index contributed by atoms with van der Waals surface area (Å²) < 4.78 is 6.80. The number of aryl methyl sites for hydroxylation is 1. The van der Waals surface area contributed by atoms with E-state index in [0.717, 1.165) is 12.2 Å². The molecule has 14 heavy (non-hydrogen) atoms. The Labute approximate surface area is 83.5 Å². The molecule has 0 saturated carbocycles. The molecule has 0 amide bonds. The summed E-state index contributed by atoms with van der Waals surface area (Å²) in [5.74, 6) is 0.710. The van der Waals surface area contributed by atoms with Crippen molar-refractivity contribution in [2.75, 3.05) is 0 Å². The van der Waals surface area contributed by atoms with Crippen LogP contribution < -0.4 is 0 Å². The summed E-state index contributed by atoms with van der Waals surface area (Å²) in [7, 11) is 0. The van der Waals surface area contributed by atoms with E-state index in [0.29, 0.717) is 5.76 Å². The first-order chi connectivity index (χ1) is 6.90. The van der Waals surface area contributed by atoms with Crippen molar-refractivity contribution in [3.05, 3.63) is 24.5 Å². The third kappa shape index (κ3) is 2.22. The van der Waals surface area contributed by atoms with Crippen LogP contribution in [0.2, 0.25) is 0 Å². The van der Waals surface area contributed by atoms with Crippen molar-refractivity contribution in [2.45, 2.75) is 27.3 Å². The van der Waals surface area contributed by atoms with Crippen LogP contribution in [0.3, 0.4) is 0 Å². The molecule has 0 aliphatic heterocycles. The van der Waals surface area contributed by atoms with Gasteiger partial charge in [0.05, 0.1) is 6.20 Å². The van der Waals surface area contributed by atoms with E-state index in [-0.39, 0.29) is 0 Å². The van der Waals surface area contributed by atoms with E-state index in [1.165, 1.54) is 0 Å². The summed E-state index contributed by atoms with van der Waals surface area (Å²) >= 11 is 0. The predicted molar refractivity (Wildman–Crippen MR) is 54.7 cm³/mol. The van der Waals surface area contributed by atoms with Gasteiger partial charge >= 0.3 is 0 Å².